The molecule has 0 bridgehead atoms. The molecule has 3 N–H and O–H groups in total. The first-order valence-corrected chi connectivity index (χ1v) is 8.72. The number of amides is 1. The van der Waals surface area contributed by atoms with Crippen molar-refractivity contribution in [2.75, 3.05) is 26.2 Å². The number of carbonyl (C=O) groups excluding carboxylic acids is 1. The molecular weight excluding hydrogens is 308 g/mol. The molecule has 1 aliphatic rings. The molecule has 1 heterocycles. The second-order valence-electron chi connectivity index (χ2n) is 6.20. The number of aliphatic imine (C=N–C) groups is 1. The third-order valence-corrected chi connectivity index (χ3v) is 3.60. The van der Waals surface area contributed by atoms with Gasteiger partial charge in [-0.3, -0.25) is 9.79 Å². The van der Waals surface area contributed by atoms with Gasteiger partial charge in [-0.15, -0.1) is 0 Å². The average Bonchev–Trinajstić information content (AvgIpc) is 3.30. The first kappa shape index (κ1) is 18.2. The summed E-state index contributed by atoms with van der Waals surface area (Å²) >= 11 is 0. The van der Waals surface area contributed by atoms with E-state index in [0.29, 0.717) is 31.9 Å². The van der Waals surface area contributed by atoms with Crippen molar-refractivity contribution in [3.8, 4) is 0 Å². The predicted octanol–water partition coefficient (Wildman–Crippen LogP) is 0.817. The molecule has 2 rings (SSSR count). The Kier molecular flexibility index (Phi) is 7.02. The highest BCUT2D eigenvalue weighted by Crippen LogP contribution is 2.28. The van der Waals surface area contributed by atoms with Crippen LogP contribution in [0.2, 0.25) is 0 Å². The van der Waals surface area contributed by atoms with Crippen molar-refractivity contribution in [1.29, 1.82) is 0 Å². The van der Waals surface area contributed by atoms with Crippen molar-refractivity contribution in [2.24, 2.45) is 10.9 Å². The minimum atomic E-state index is 0.163. The summed E-state index contributed by atoms with van der Waals surface area (Å²) in [4.78, 5) is 20.4. The van der Waals surface area contributed by atoms with Crippen LogP contribution in [0.25, 0.3) is 0 Å². The molecule has 0 saturated heterocycles. The molecule has 24 heavy (non-hydrogen) atoms. The van der Waals surface area contributed by atoms with Crippen LogP contribution in [0.5, 0.6) is 0 Å². The summed E-state index contributed by atoms with van der Waals surface area (Å²) < 4.78 is 5.20. The summed E-state index contributed by atoms with van der Waals surface area (Å²) in [6, 6.07) is 0. The van der Waals surface area contributed by atoms with E-state index in [9.17, 15) is 4.79 Å². The van der Waals surface area contributed by atoms with E-state index in [1.54, 1.807) is 0 Å². The van der Waals surface area contributed by atoms with E-state index in [1.807, 2.05) is 20.8 Å². The first-order chi connectivity index (χ1) is 11.6. The molecule has 8 heteroatoms. The quantitative estimate of drug-likeness (QED) is 0.350. The van der Waals surface area contributed by atoms with Gasteiger partial charge in [0, 0.05) is 37.9 Å². The van der Waals surface area contributed by atoms with E-state index in [0.717, 1.165) is 31.2 Å². The highest BCUT2D eigenvalue weighted by Gasteiger charge is 2.28. The maximum absolute atomic E-state index is 11.5. The van der Waals surface area contributed by atoms with E-state index >= 15 is 0 Å². The third kappa shape index (κ3) is 6.17. The number of carbonyl (C=O) groups is 1. The Bertz CT molecular complexity index is 551. The largest absolute Gasteiger partial charge is 0.357 e. The predicted molar refractivity (Wildman–Crippen MR) is 91.8 cm³/mol. The van der Waals surface area contributed by atoms with Crippen molar-refractivity contribution in [1.82, 2.24) is 26.1 Å². The fourth-order valence-corrected chi connectivity index (χ4v) is 2.07. The first-order valence-electron chi connectivity index (χ1n) is 8.72. The fourth-order valence-electron chi connectivity index (χ4n) is 2.07. The normalized spacial score (nSPS) is 14.8. The molecule has 0 spiro atoms. The van der Waals surface area contributed by atoms with Crippen LogP contribution >= 0.6 is 0 Å². The van der Waals surface area contributed by atoms with Gasteiger partial charge >= 0.3 is 0 Å². The van der Waals surface area contributed by atoms with E-state index in [4.69, 9.17) is 4.52 Å². The Morgan fingerprint density at radius 3 is 2.67 bits per heavy atom. The molecule has 0 aromatic carbocycles. The van der Waals surface area contributed by atoms with Crippen LogP contribution in [0.3, 0.4) is 0 Å². The summed E-state index contributed by atoms with van der Waals surface area (Å²) in [5.74, 6) is 2.73. The van der Waals surface area contributed by atoms with Gasteiger partial charge in [-0.1, -0.05) is 19.0 Å². The van der Waals surface area contributed by atoms with Crippen LogP contribution < -0.4 is 16.0 Å². The molecule has 0 atom stereocenters. The van der Waals surface area contributed by atoms with Crippen LogP contribution in [0, 0.1) is 5.92 Å². The summed E-state index contributed by atoms with van der Waals surface area (Å²) in [5.41, 5.74) is 0. The average molecular weight is 336 g/mol. The molecule has 0 radical (unpaired) electrons. The van der Waals surface area contributed by atoms with Gasteiger partial charge in [-0.05, 0) is 19.8 Å². The van der Waals surface area contributed by atoms with Gasteiger partial charge in [0.05, 0.1) is 6.54 Å². The Labute approximate surface area is 142 Å². The van der Waals surface area contributed by atoms with Gasteiger partial charge in [0.1, 0.15) is 0 Å². The Hall–Kier alpha value is -2.12. The Morgan fingerprint density at radius 1 is 1.29 bits per heavy atom. The van der Waals surface area contributed by atoms with Crippen LogP contribution in [0.4, 0.5) is 0 Å². The molecule has 1 saturated carbocycles. The number of hydrogen-bond acceptors (Lipinski definition) is 5. The molecule has 134 valence electrons. The van der Waals surface area contributed by atoms with Gasteiger partial charge in [0.15, 0.2) is 11.8 Å². The van der Waals surface area contributed by atoms with E-state index in [-0.39, 0.29) is 17.7 Å². The summed E-state index contributed by atoms with van der Waals surface area (Å²) in [6.07, 6.45) is 2.66. The van der Waals surface area contributed by atoms with Crippen LogP contribution in [0.15, 0.2) is 9.52 Å². The van der Waals surface area contributed by atoms with Crippen molar-refractivity contribution in [3.05, 3.63) is 11.7 Å². The fraction of sp³-hybridized carbons (Fsp3) is 0.750. The summed E-state index contributed by atoms with van der Waals surface area (Å²) in [5, 5.41) is 13.2. The van der Waals surface area contributed by atoms with Crippen molar-refractivity contribution >= 4 is 11.9 Å². The minimum absolute atomic E-state index is 0.163. The lowest BCUT2D eigenvalue weighted by molar-refractivity contribution is -0.122. The molecule has 1 aromatic rings. The summed E-state index contributed by atoms with van der Waals surface area (Å²) in [6.45, 7) is 8.65. The number of nitrogens with zero attached hydrogens (tertiary/aromatic N) is 3. The topological polar surface area (TPSA) is 104 Å². The highest BCUT2D eigenvalue weighted by molar-refractivity contribution is 5.81. The van der Waals surface area contributed by atoms with Gasteiger partial charge in [0.25, 0.3) is 0 Å². The number of hydrogen-bond donors (Lipinski definition) is 3. The van der Waals surface area contributed by atoms with Crippen LogP contribution in [-0.2, 0) is 11.2 Å². The van der Waals surface area contributed by atoms with Crippen molar-refractivity contribution in [2.45, 2.75) is 46.0 Å². The zero-order chi connectivity index (χ0) is 17.4. The molecule has 0 unspecified atom stereocenters. The zero-order valence-corrected chi connectivity index (χ0v) is 14.8. The molecule has 0 aliphatic heterocycles. The maximum Gasteiger partial charge on any atom is 0.228 e. The van der Waals surface area contributed by atoms with Gasteiger partial charge in [-0.2, -0.15) is 4.98 Å². The minimum Gasteiger partial charge on any atom is -0.357 e. The van der Waals surface area contributed by atoms with E-state index in [1.165, 1.54) is 0 Å². The zero-order valence-electron chi connectivity index (χ0n) is 14.8. The number of guanidine groups is 1. The van der Waals surface area contributed by atoms with Gasteiger partial charge in [0.2, 0.25) is 11.8 Å². The standard InChI is InChI=1S/C16H28N6O2/c1-4-17-16(20-10-9-18-15(23)12-5-6-12)19-8-7-13-21-14(11(2)3)22-24-13/h11-12H,4-10H2,1-3H3,(H,18,23)(H2,17,19,20). The molecular formula is C16H28N6O2. The Morgan fingerprint density at radius 2 is 2.04 bits per heavy atom. The SMILES string of the molecule is CCNC(=NCCc1nc(C(C)C)no1)NCCNC(=O)C1CC1. The maximum atomic E-state index is 11.5. The van der Waals surface area contributed by atoms with Gasteiger partial charge in [-0.25, -0.2) is 0 Å². The smallest absolute Gasteiger partial charge is 0.228 e. The molecule has 1 fully saturated rings. The lowest BCUT2D eigenvalue weighted by Crippen LogP contribution is -2.41. The van der Waals surface area contributed by atoms with E-state index < -0.39 is 0 Å². The van der Waals surface area contributed by atoms with Crippen LogP contribution in [-0.4, -0.2) is 48.2 Å². The second-order valence-corrected chi connectivity index (χ2v) is 6.20. The monoisotopic (exact) mass is 336 g/mol. The highest BCUT2D eigenvalue weighted by atomic mass is 16.5. The lowest BCUT2D eigenvalue weighted by atomic mass is 10.2. The summed E-state index contributed by atoms with van der Waals surface area (Å²) in [7, 11) is 0. The Balaban J connectivity index is 1.69. The van der Waals surface area contributed by atoms with E-state index in [2.05, 4.69) is 31.1 Å². The number of aromatic nitrogens is 2. The number of rotatable bonds is 9. The molecule has 1 aliphatic carbocycles. The second kappa shape index (κ2) is 9.24. The van der Waals surface area contributed by atoms with Crippen molar-refractivity contribution in [3.63, 3.8) is 0 Å². The number of nitrogens with one attached hydrogen (secondary N) is 3. The van der Waals surface area contributed by atoms with Gasteiger partial charge < -0.3 is 20.5 Å². The molecule has 1 aromatic heterocycles. The van der Waals surface area contributed by atoms with Crippen molar-refractivity contribution < 1.29 is 9.32 Å². The molecule has 8 nitrogen and oxygen atoms in total. The lowest BCUT2D eigenvalue weighted by Gasteiger charge is -2.11. The molecule has 1 amide bonds. The third-order valence-electron chi connectivity index (χ3n) is 3.60. The van der Waals surface area contributed by atoms with Crippen LogP contribution in [0.1, 0.15) is 51.2 Å².